The number of hydrogen-bond donors (Lipinski definition) is 1. The van der Waals surface area contributed by atoms with E-state index in [1.54, 1.807) is 36.2 Å². The maximum absolute atomic E-state index is 12.0. The maximum atomic E-state index is 12.0. The second kappa shape index (κ2) is 34.8. The van der Waals surface area contributed by atoms with E-state index in [9.17, 15) is 5.11 Å². The van der Waals surface area contributed by atoms with Crippen molar-refractivity contribution in [3.63, 3.8) is 0 Å². The average Bonchev–Trinajstić information content (AvgIpc) is 3.28. The van der Waals surface area contributed by atoms with E-state index in [-0.39, 0.29) is 11.2 Å². The van der Waals surface area contributed by atoms with Gasteiger partial charge in [-0.2, -0.15) is 9.97 Å². The minimum Gasteiger partial charge on any atom is -0.507 e. The predicted molar refractivity (Wildman–Crippen MR) is 287 cm³/mol. The highest BCUT2D eigenvalue weighted by molar-refractivity contribution is 7.99. The summed E-state index contributed by atoms with van der Waals surface area (Å²) < 4.78 is 0. The zero-order valence-electron chi connectivity index (χ0n) is 43.7. The first-order valence-electron chi connectivity index (χ1n) is 27.3. The summed E-state index contributed by atoms with van der Waals surface area (Å²) in [4.78, 5) is 30.6. The molecule has 0 aliphatic carbocycles. The number of aromatic hydroxyl groups is 1. The van der Waals surface area contributed by atoms with Crippen LogP contribution in [0.3, 0.4) is 0 Å². The number of phenolic OH excluding ortho intramolecular Hbond substituents is 1. The number of benzene rings is 1. The summed E-state index contributed by atoms with van der Waals surface area (Å²) in [6.45, 7) is 17.4. The molecule has 374 valence electrons. The molecule has 3 aromatic rings. The Bertz CT molecular complexity index is 1590. The molecule has 2 aromatic heterocycles. The summed E-state index contributed by atoms with van der Waals surface area (Å²) in [5.41, 5.74) is 1.80. The fourth-order valence-corrected chi connectivity index (χ4v) is 10.5. The molecular weight excluding hydrogens is 851 g/mol. The highest BCUT2D eigenvalue weighted by Gasteiger charge is 2.33. The van der Waals surface area contributed by atoms with E-state index in [1.165, 1.54) is 193 Å². The van der Waals surface area contributed by atoms with Gasteiger partial charge in [0.25, 0.3) is 0 Å². The summed E-state index contributed by atoms with van der Waals surface area (Å²) in [5.74, 6) is 3.09. The van der Waals surface area contributed by atoms with Gasteiger partial charge in [0.2, 0.25) is 11.9 Å². The lowest BCUT2D eigenvalue weighted by atomic mass is 9.78. The lowest BCUT2D eigenvalue weighted by molar-refractivity contribution is 0.424. The van der Waals surface area contributed by atoms with Gasteiger partial charge in [0, 0.05) is 17.1 Å². The molecule has 10 heteroatoms. The fraction of sp³-hybridized carbons (Fsp3) is 0.786. The third kappa shape index (κ3) is 24.2. The van der Waals surface area contributed by atoms with Gasteiger partial charge in [0.05, 0.1) is 5.69 Å². The summed E-state index contributed by atoms with van der Waals surface area (Å²) in [6.07, 6.45) is 46.8. The number of aromatic nitrogens is 6. The van der Waals surface area contributed by atoms with Crippen molar-refractivity contribution in [2.45, 2.75) is 282 Å². The molecule has 1 N–H and O–H groups in total. The topological polar surface area (TPSA) is 101 Å². The van der Waals surface area contributed by atoms with E-state index in [0.29, 0.717) is 22.2 Å². The SMILES string of the molecule is CCCCCCCCCCCCCCCCCCSc1ncnc(N(c2ncnc(SCCCCCCCCCCCCCCCCCC)n2)c2ccc(C(C)(C)C)c(O)c2C(C)(C)C)n1. The zero-order chi connectivity index (χ0) is 47.7. The molecule has 0 saturated carbocycles. The van der Waals surface area contributed by atoms with Gasteiger partial charge in [-0.1, -0.05) is 278 Å². The van der Waals surface area contributed by atoms with Crippen molar-refractivity contribution in [2.24, 2.45) is 0 Å². The van der Waals surface area contributed by atoms with Gasteiger partial charge in [-0.15, -0.1) is 0 Å². The van der Waals surface area contributed by atoms with Gasteiger partial charge in [0.1, 0.15) is 18.4 Å². The average molecular weight is 949 g/mol. The normalized spacial score (nSPS) is 12.1. The van der Waals surface area contributed by atoms with Gasteiger partial charge in [-0.05, 0) is 35.3 Å². The molecule has 0 fully saturated rings. The molecule has 1 aromatic carbocycles. The maximum Gasteiger partial charge on any atom is 0.241 e. The minimum atomic E-state index is -0.408. The van der Waals surface area contributed by atoms with E-state index in [0.717, 1.165) is 41.2 Å². The molecule has 3 rings (SSSR count). The third-order valence-electron chi connectivity index (χ3n) is 12.9. The number of nitrogens with zero attached hydrogens (tertiary/aromatic N) is 7. The Kier molecular flexibility index (Phi) is 30.5. The fourth-order valence-electron chi connectivity index (χ4n) is 8.94. The van der Waals surface area contributed by atoms with E-state index in [1.807, 2.05) is 11.0 Å². The second-order valence-electron chi connectivity index (χ2n) is 21.1. The minimum absolute atomic E-state index is 0.249. The Morgan fingerprint density at radius 2 is 0.742 bits per heavy atom. The Labute approximate surface area is 414 Å². The monoisotopic (exact) mass is 948 g/mol. The van der Waals surface area contributed by atoms with Crippen LogP contribution in [0.15, 0.2) is 35.1 Å². The first kappa shape index (κ1) is 57.9. The van der Waals surface area contributed by atoms with Crippen LogP contribution in [0, 0.1) is 0 Å². The number of rotatable bonds is 39. The number of unbranched alkanes of at least 4 members (excludes halogenated alkanes) is 30. The first-order valence-corrected chi connectivity index (χ1v) is 29.2. The molecule has 8 nitrogen and oxygen atoms in total. The molecule has 0 radical (unpaired) electrons. The molecule has 0 atom stereocenters. The number of hydrogen-bond acceptors (Lipinski definition) is 10. The second-order valence-corrected chi connectivity index (χ2v) is 23.3. The third-order valence-corrected chi connectivity index (χ3v) is 14.8. The van der Waals surface area contributed by atoms with Crippen LogP contribution in [0.1, 0.15) is 272 Å². The van der Waals surface area contributed by atoms with Crippen LogP contribution in [0.2, 0.25) is 0 Å². The molecule has 0 aliphatic heterocycles. The van der Waals surface area contributed by atoms with Crippen molar-refractivity contribution in [3.05, 3.63) is 35.9 Å². The van der Waals surface area contributed by atoms with Crippen LogP contribution in [0.25, 0.3) is 0 Å². The van der Waals surface area contributed by atoms with Crippen molar-refractivity contribution in [1.82, 2.24) is 29.9 Å². The van der Waals surface area contributed by atoms with Gasteiger partial charge in [-0.25, -0.2) is 24.8 Å². The van der Waals surface area contributed by atoms with Gasteiger partial charge < -0.3 is 5.11 Å². The molecule has 0 unspecified atom stereocenters. The van der Waals surface area contributed by atoms with Crippen molar-refractivity contribution < 1.29 is 5.11 Å². The Balaban J connectivity index is 1.54. The standard InChI is InChI=1S/C56H97N7OS2/c1-9-11-13-15-17-19-21-23-25-27-29-31-33-35-37-39-43-65-53-59-45-57-51(61-53)63(48-42-41-47(55(3,4)5)50(64)49(48)56(6,7)8)52-58-46-60-54(62-52)66-44-40-38-36-34-32-30-28-26-24-22-20-18-16-14-12-10-2/h41-42,45-46,64H,9-40,43-44H2,1-8H3. The van der Waals surface area contributed by atoms with Gasteiger partial charge in [-0.3, -0.25) is 0 Å². The predicted octanol–water partition coefficient (Wildman–Crippen LogP) is 18.5. The zero-order valence-corrected chi connectivity index (χ0v) is 45.4. The van der Waals surface area contributed by atoms with Crippen molar-refractivity contribution in [1.29, 1.82) is 0 Å². The van der Waals surface area contributed by atoms with Crippen LogP contribution in [0.5, 0.6) is 5.75 Å². The molecule has 2 heterocycles. The van der Waals surface area contributed by atoms with Crippen LogP contribution < -0.4 is 4.90 Å². The highest BCUT2D eigenvalue weighted by Crippen LogP contribution is 2.47. The van der Waals surface area contributed by atoms with Gasteiger partial charge >= 0.3 is 0 Å². The number of anilines is 3. The molecule has 0 saturated heterocycles. The van der Waals surface area contributed by atoms with E-state index in [4.69, 9.17) is 19.9 Å². The Morgan fingerprint density at radius 3 is 1.05 bits per heavy atom. The first-order chi connectivity index (χ1) is 32.0. The summed E-state index contributed by atoms with van der Waals surface area (Å²) in [7, 11) is 0. The summed E-state index contributed by atoms with van der Waals surface area (Å²) in [5, 5.41) is 13.4. The van der Waals surface area contributed by atoms with E-state index >= 15 is 0 Å². The number of thioether (sulfide) groups is 2. The van der Waals surface area contributed by atoms with E-state index < -0.39 is 5.41 Å². The van der Waals surface area contributed by atoms with Crippen LogP contribution in [-0.2, 0) is 10.8 Å². The smallest absolute Gasteiger partial charge is 0.241 e. The lowest BCUT2D eigenvalue weighted by Crippen LogP contribution is -2.24. The van der Waals surface area contributed by atoms with Crippen molar-refractivity contribution >= 4 is 41.1 Å². The molecule has 0 aliphatic rings. The van der Waals surface area contributed by atoms with Crippen LogP contribution >= 0.6 is 23.5 Å². The van der Waals surface area contributed by atoms with Crippen LogP contribution in [-0.4, -0.2) is 46.5 Å². The summed E-state index contributed by atoms with van der Waals surface area (Å²) >= 11 is 3.37. The summed E-state index contributed by atoms with van der Waals surface area (Å²) in [6, 6.07) is 4.09. The quantitative estimate of drug-likeness (QED) is 0.0439. The molecular formula is C56H97N7OS2. The highest BCUT2D eigenvalue weighted by atomic mass is 32.2. The van der Waals surface area contributed by atoms with Crippen molar-refractivity contribution in [3.8, 4) is 5.75 Å². The molecule has 66 heavy (non-hydrogen) atoms. The lowest BCUT2D eigenvalue weighted by Gasteiger charge is -2.32. The van der Waals surface area contributed by atoms with Crippen LogP contribution in [0.4, 0.5) is 17.6 Å². The molecule has 0 spiro atoms. The molecule has 0 amide bonds. The number of phenols is 1. The van der Waals surface area contributed by atoms with E-state index in [2.05, 4.69) is 71.4 Å². The Morgan fingerprint density at radius 1 is 0.424 bits per heavy atom. The molecule has 0 bridgehead atoms. The van der Waals surface area contributed by atoms with Crippen molar-refractivity contribution in [2.75, 3.05) is 16.4 Å². The Hall–Kier alpha value is -2.46. The van der Waals surface area contributed by atoms with Gasteiger partial charge in [0.15, 0.2) is 10.3 Å². The largest absolute Gasteiger partial charge is 0.507 e.